The standard InChI is InChI=1S/C13H22IN3O6/c1-6(2)10(12(21)15-7(3)13(22)23)16-11(20)8(17-14)4-5-9(18)19/h6-8,10,17H,4-5H2,1-3H3,(H,15,21)(H,16,20)(H,18,19)(H,22,23)/t7-,8-,10-/m0/s1. The predicted molar refractivity (Wildman–Crippen MR) is 89.8 cm³/mol. The highest BCUT2D eigenvalue weighted by atomic mass is 127. The van der Waals surface area contributed by atoms with Gasteiger partial charge in [-0.25, -0.2) is 3.53 Å². The molecule has 23 heavy (non-hydrogen) atoms. The fraction of sp³-hybridized carbons (Fsp3) is 0.692. The van der Waals surface area contributed by atoms with Crippen LogP contribution in [0.3, 0.4) is 0 Å². The van der Waals surface area contributed by atoms with Gasteiger partial charge in [0.1, 0.15) is 12.1 Å². The summed E-state index contributed by atoms with van der Waals surface area (Å²) in [6.45, 7) is 4.74. The Labute approximate surface area is 148 Å². The molecule has 0 spiro atoms. The average molecular weight is 443 g/mol. The average Bonchev–Trinajstić information content (AvgIpc) is 2.44. The summed E-state index contributed by atoms with van der Waals surface area (Å²) in [5.41, 5.74) is 0. The van der Waals surface area contributed by atoms with E-state index in [1.807, 2.05) is 0 Å². The van der Waals surface area contributed by atoms with Gasteiger partial charge in [0.15, 0.2) is 0 Å². The van der Waals surface area contributed by atoms with Crippen LogP contribution in [0.25, 0.3) is 0 Å². The van der Waals surface area contributed by atoms with E-state index in [1.165, 1.54) is 6.92 Å². The predicted octanol–water partition coefficient (Wildman–Crippen LogP) is -0.110. The highest BCUT2D eigenvalue weighted by molar-refractivity contribution is 14.1. The van der Waals surface area contributed by atoms with E-state index in [-0.39, 0.29) is 18.8 Å². The van der Waals surface area contributed by atoms with E-state index >= 15 is 0 Å². The number of hydrogen-bond acceptors (Lipinski definition) is 5. The molecule has 0 radical (unpaired) electrons. The molecule has 9 nitrogen and oxygen atoms in total. The van der Waals surface area contributed by atoms with Gasteiger partial charge in [0.05, 0.1) is 6.04 Å². The van der Waals surface area contributed by atoms with Crippen molar-refractivity contribution < 1.29 is 29.4 Å². The van der Waals surface area contributed by atoms with Crippen molar-refractivity contribution in [3.05, 3.63) is 0 Å². The van der Waals surface area contributed by atoms with Crippen LogP contribution in [0, 0.1) is 5.92 Å². The Balaban J connectivity index is 4.84. The third kappa shape index (κ3) is 8.11. The number of rotatable bonds is 10. The molecule has 0 unspecified atom stereocenters. The zero-order chi connectivity index (χ0) is 18.2. The second-order valence-electron chi connectivity index (χ2n) is 5.39. The largest absolute Gasteiger partial charge is 0.481 e. The first-order valence-corrected chi connectivity index (χ1v) is 8.09. The fourth-order valence-corrected chi connectivity index (χ4v) is 2.25. The summed E-state index contributed by atoms with van der Waals surface area (Å²) in [5, 5.41) is 22.3. The summed E-state index contributed by atoms with van der Waals surface area (Å²) in [6, 6.07) is -2.76. The Bertz CT molecular complexity index is 457. The molecule has 5 N–H and O–H groups in total. The van der Waals surface area contributed by atoms with Crippen molar-refractivity contribution in [3.8, 4) is 0 Å². The quantitative estimate of drug-likeness (QED) is 0.234. The molecule has 3 atom stereocenters. The summed E-state index contributed by atoms with van der Waals surface area (Å²) >= 11 is 1.74. The zero-order valence-electron chi connectivity index (χ0n) is 13.1. The first kappa shape index (κ1) is 21.6. The van der Waals surface area contributed by atoms with Gasteiger partial charge in [-0.1, -0.05) is 13.8 Å². The van der Waals surface area contributed by atoms with E-state index in [0.717, 1.165) is 0 Å². The summed E-state index contributed by atoms with van der Waals surface area (Å²) in [4.78, 5) is 45.6. The maximum absolute atomic E-state index is 12.2. The Morgan fingerprint density at radius 1 is 1.00 bits per heavy atom. The number of nitrogens with one attached hydrogen (secondary N) is 3. The highest BCUT2D eigenvalue weighted by Gasteiger charge is 2.29. The van der Waals surface area contributed by atoms with E-state index < -0.39 is 41.9 Å². The lowest BCUT2D eigenvalue weighted by Crippen LogP contribution is -2.55. The number of carbonyl (C=O) groups is 4. The number of carbonyl (C=O) groups excluding carboxylic acids is 2. The highest BCUT2D eigenvalue weighted by Crippen LogP contribution is 2.06. The molecule has 0 aliphatic rings. The molecule has 0 bridgehead atoms. The lowest BCUT2D eigenvalue weighted by atomic mass is 10.0. The van der Waals surface area contributed by atoms with Crippen LogP contribution in [0.5, 0.6) is 0 Å². The normalized spacial score (nSPS) is 14.7. The molecule has 0 heterocycles. The van der Waals surface area contributed by atoms with Crippen molar-refractivity contribution >= 4 is 46.6 Å². The number of halogens is 1. The van der Waals surface area contributed by atoms with Crippen LogP contribution in [0.2, 0.25) is 0 Å². The molecule has 0 aliphatic heterocycles. The first-order valence-electron chi connectivity index (χ1n) is 7.01. The minimum atomic E-state index is -1.18. The Kier molecular flexibility index (Phi) is 9.72. The smallest absolute Gasteiger partial charge is 0.325 e. The van der Waals surface area contributed by atoms with E-state index in [0.29, 0.717) is 0 Å². The fourth-order valence-electron chi connectivity index (χ4n) is 1.66. The van der Waals surface area contributed by atoms with Crippen molar-refractivity contribution in [2.75, 3.05) is 0 Å². The number of hydrogen-bond donors (Lipinski definition) is 5. The van der Waals surface area contributed by atoms with Gasteiger partial charge < -0.3 is 20.8 Å². The molecule has 10 heteroatoms. The van der Waals surface area contributed by atoms with Crippen LogP contribution in [0.4, 0.5) is 0 Å². The topological polar surface area (TPSA) is 145 Å². The van der Waals surface area contributed by atoms with Gasteiger partial charge in [-0.05, 0) is 19.3 Å². The molecular weight excluding hydrogens is 421 g/mol. The number of carboxylic acid groups (broad SMARTS) is 2. The van der Waals surface area contributed by atoms with Gasteiger partial charge in [0.25, 0.3) is 0 Å². The van der Waals surface area contributed by atoms with Gasteiger partial charge in [-0.2, -0.15) is 0 Å². The third-order valence-electron chi connectivity index (χ3n) is 3.07. The minimum Gasteiger partial charge on any atom is -0.481 e. The van der Waals surface area contributed by atoms with Crippen molar-refractivity contribution in [2.45, 2.75) is 51.7 Å². The monoisotopic (exact) mass is 443 g/mol. The SMILES string of the molecule is CC(C)[C@H](NC(=O)[C@H](CCC(=O)O)NI)C(=O)N[C@@H](C)C(=O)O. The van der Waals surface area contributed by atoms with Crippen molar-refractivity contribution in [2.24, 2.45) is 5.92 Å². The Morgan fingerprint density at radius 3 is 1.96 bits per heavy atom. The third-order valence-corrected chi connectivity index (χ3v) is 3.82. The molecule has 0 fully saturated rings. The lowest BCUT2D eigenvalue weighted by Gasteiger charge is -2.25. The molecular formula is C13H22IN3O6. The van der Waals surface area contributed by atoms with E-state index in [9.17, 15) is 19.2 Å². The second-order valence-corrected chi connectivity index (χ2v) is 6.02. The zero-order valence-corrected chi connectivity index (χ0v) is 15.3. The van der Waals surface area contributed by atoms with E-state index in [2.05, 4.69) is 14.2 Å². The lowest BCUT2D eigenvalue weighted by molar-refractivity contribution is -0.142. The van der Waals surface area contributed by atoms with Crippen molar-refractivity contribution in [1.82, 2.24) is 14.2 Å². The van der Waals surface area contributed by atoms with Crippen LogP contribution in [0.15, 0.2) is 0 Å². The van der Waals surface area contributed by atoms with Gasteiger partial charge in [-0.3, -0.25) is 19.2 Å². The van der Waals surface area contributed by atoms with Gasteiger partial charge in [0.2, 0.25) is 11.8 Å². The number of aliphatic carboxylic acids is 2. The summed E-state index contributed by atoms with van der Waals surface area (Å²) in [5.74, 6) is -3.59. The van der Waals surface area contributed by atoms with Gasteiger partial charge >= 0.3 is 11.9 Å². The molecule has 0 aliphatic carbocycles. The molecule has 0 saturated carbocycles. The van der Waals surface area contributed by atoms with Crippen LogP contribution >= 0.6 is 22.9 Å². The maximum Gasteiger partial charge on any atom is 0.325 e. The van der Waals surface area contributed by atoms with Gasteiger partial charge in [-0.15, -0.1) is 0 Å². The second kappa shape index (κ2) is 10.4. The van der Waals surface area contributed by atoms with Gasteiger partial charge in [0, 0.05) is 29.3 Å². The molecule has 0 aromatic heterocycles. The molecule has 132 valence electrons. The summed E-state index contributed by atoms with van der Waals surface area (Å²) < 4.78 is 2.67. The summed E-state index contributed by atoms with van der Waals surface area (Å²) in [6.07, 6.45) is -0.120. The van der Waals surface area contributed by atoms with E-state index in [4.69, 9.17) is 10.2 Å². The Hall–Kier alpha value is -1.43. The summed E-state index contributed by atoms with van der Waals surface area (Å²) in [7, 11) is 0. The van der Waals surface area contributed by atoms with E-state index in [1.54, 1.807) is 36.7 Å². The van der Waals surface area contributed by atoms with Crippen LogP contribution in [0.1, 0.15) is 33.6 Å². The molecule has 0 rings (SSSR count). The molecule has 0 saturated heterocycles. The first-order chi connectivity index (χ1) is 10.6. The van der Waals surface area contributed by atoms with Crippen LogP contribution in [-0.4, -0.2) is 52.1 Å². The van der Waals surface area contributed by atoms with Crippen LogP contribution in [-0.2, 0) is 19.2 Å². The van der Waals surface area contributed by atoms with Crippen molar-refractivity contribution in [3.63, 3.8) is 0 Å². The van der Waals surface area contributed by atoms with Crippen LogP contribution < -0.4 is 14.2 Å². The van der Waals surface area contributed by atoms with Crippen molar-refractivity contribution in [1.29, 1.82) is 0 Å². The number of amides is 2. The maximum atomic E-state index is 12.2. The molecule has 0 aromatic rings. The number of carboxylic acids is 2. The minimum absolute atomic E-state index is 0.0715. The Morgan fingerprint density at radius 2 is 1.57 bits per heavy atom. The molecule has 0 aromatic carbocycles. The molecule has 2 amide bonds.